The maximum absolute atomic E-state index is 5.32. The molecule has 0 amide bonds. The molecule has 0 aliphatic heterocycles. The molecule has 0 saturated heterocycles. The van der Waals surface area contributed by atoms with Crippen LogP contribution in [0.3, 0.4) is 0 Å². The van der Waals surface area contributed by atoms with Gasteiger partial charge < -0.3 is 0 Å². The normalized spacial score (nSPS) is 10.0. The smallest absolute Gasteiger partial charge is 0.0509 e. The number of hydrogen-bond acceptors (Lipinski definition) is 1. The van der Waals surface area contributed by atoms with Gasteiger partial charge in [-0.1, -0.05) is 17.8 Å². The zero-order valence-electron chi connectivity index (χ0n) is 8.14. The first-order valence-corrected chi connectivity index (χ1v) is 5.03. The fourth-order valence-electron chi connectivity index (χ4n) is 0.760. The molecule has 1 rings (SSSR count). The van der Waals surface area contributed by atoms with Gasteiger partial charge in [-0.3, -0.25) is 0 Å². The van der Waals surface area contributed by atoms with Gasteiger partial charge in [0.05, 0.1) is 11.1 Å². The van der Waals surface area contributed by atoms with E-state index in [9.17, 15) is 0 Å². The molecular weight excluding hydrogens is 176 g/mol. The molecule has 0 N–H and O–H groups in total. The molecule has 0 saturated carbocycles. The first kappa shape index (κ1) is 9.90. The SMILES string of the molecule is C#Cc1cscc1C#CC(C)(C)C. The summed E-state index contributed by atoms with van der Waals surface area (Å²) in [6, 6.07) is 0. The van der Waals surface area contributed by atoms with Crippen LogP contribution in [0.15, 0.2) is 10.8 Å². The van der Waals surface area contributed by atoms with E-state index < -0.39 is 0 Å². The molecule has 0 nitrogen and oxygen atoms in total. The summed E-state index contributed by atoms with van der Waals surface area (Å²) in [4.78, 5) is 0. The lowest BCUT2D eigenvalue weighted by molar-refractivity contribution is 0.571. The summed E-state index contributed by atoms with van der Waals surface area (Å²) in [5.41, 5.74) is 1.91. The van der Waals surface area contributed by atoms with Crippen molar-refractivity contribution in [2.45, 2.75) is 20.8 Å². The van der Waals surface area contributed by atoms with Crippen LogP contribution in [0.25, 0.3) is 0 Å². The van der Waals surface area contributed by atoms with Crippen molar-refractivity contribution in [2.75, 3.05) is 0 Å². The van der Waals surface area contributed by atoms with E-state index in [1.807, 2.05) is 10.8 Å². The van der Waals surface area contributed by atoms with Gasteiger partial charge in [0.15, 0.2) is 0 Å². The van der Waals surface area contributed by atoms with Gasteiger partial charge in [-0.25, -0.2) is 0 Å². The molecule has 13 heavy (non-hydrogen) atoms. The summed E-state index contributed by atoms with van der Waals surface area (Å²) < 4.78 is 0. The number of terminal acetylenes is 1. The maximum atomic E-state index is 5.32. The third-order valence-electron chi connectivity index (χ3n) is 1.39. The molecule has 0 spiro atoms. The molecule has 1 heterocycles. The average Bonchev–Trinajstić information content (AvgIpc) is 2.46. The Labute approximate surface area is 84.0 Å². The van der Waals surface area contributed by atoms with Crippen molar-refractivity contribution >= 4 is 11.3 Å². The molecule has 0 bridgehead atoms. The van der Waals surface area contributed by atoms with Gasteiger partial charge in [0, 0.05) is 16.2 Å². The molecule has 0 aromatic carbocycles. The Bertz CT molecular complexity index is 385. The monoisotopic (exact) mass is 188 g/mol. The second-order valence-corrected chi connectivity index (χ2v) is 4.59. The number of hydrogen-bond donors (Lipinski definition) is 0. The number of thiophene rings is 1. The van der Waals surface area contributed by atoms with Crippen molar-refractivity contribution in [1.29, 1.82) is 0 Å². The quantitative estimate of drug-likeness (QED) is 0.549. The lowest BCUT2D eigenvalue weighted by Gasteiger charge is -2.06. The highest BCUT2D eigenvalue weighted by Crippen LogP contribution is 2.15. The summed E-state index contributed by atoms with van der Waals surface area (Å²) in [5, 5.41) is 3.95. The average molecular weight is 188 g/mol. The highest BCUT2D eigenvalue weighted by molar-refractivity contribution is 7.08. The van der Waals surface area contributed by atoms with E-state index in [0.717, 1.165) is 11.1 Å². The first-order valence-electron chi connectivity index (χ1n) is 4.09. The lowest BCUT2D eigenvalue weighted by Crippen LogP contribution is -1.99. The first-order chi connectivity index (χ1) is 6.03. The van der Waals surface area contributed by atoms with Crippen molar-refractivity contribution in [2.24, 2.45) is 5.41 Å². The second kappa shape index (κ2) is 3.69. The predicted molar refractivity (Wildman–Crippen MR) is 58.6 cm³/mol. The summed E-state index contributed by atoms with van der Waals surface area (Å²) in [5.74, 6) is 8.88. The molecule has 1 aromatic heterocycles. The minimum atomic E-state index is 0.0355. The Morgan fingerprint density at radius 1 is 1.23 bits per heavy atom. The van der Waals surface area contributed by atoms with Gasteiger partial charge in [0.1, 0.15) is 0 Å². The van der Waals surface area contributed by atoms with Crippen molar-refractivity contribution < 1.29 is 0 Å². The van der Waals surface area contributed by atoms with Crippen LogP contribution in [0, 0.1) is 29.6 Å². The molecular formula is C12H12S. The van der Waals surface area contributed by atoms with Gasteiger partial charge in [0.25, 0.3) is 0 Å². The van der Waals surface area contributed by atoms with E-state index in [4.69, 9.17) is 6.42 Å². The van der Waals surface area contributed by atoms with E-state index in [2.05, 4.69) is 38.5 Å². The topological polar surface area (TPSA) is 0 Å². The standard InChI is InChI=1S/C12H12S/c1-5-10-8-13-9-11(10)6-7-12(2,3)4/h1,8-9H,2-4H3. The molecule has 1 heteroatoms. The fraction of sp³-hybridized carbons (Fsp3) is 0.333. The molecule has 0 radical (unpaired) electrons. The van der Waals surface area contributed by atoms with E-state index in [1.54, 1.807) is 11.3 Å². The lowest BCUT2D eigenvalue weighted by atomic mass is 9.97. The van der Waals surface area contributed by atoms with E-state index >= 15 is 0 Å². The minimum absolute atomic E-state index is 0.0355. The summed E-state index contributed by atoms with van der Waals surface area (Å²) >= 11 is 1.60. The third kappa shape index (κ3) is 2.98. The Balaban J connectivity index is 2.97. The molecule has 66 valence electrons. The van der Waals surface area contributed by atoms with Crippen LogP contribution in [0.5, 0.6) is 0 Å². The predicted octanol–water partition coefficient (Wildman–Crippen LogP) is 3.13. The van der Waals surface area contributed by atoms with Gasteiger partial charge in [-0.05, 0) is 20.8 Å². The largest absolute Gasteiger partial charge is 0.150 e. The van der Waals surface area contributed by atoms with Gasteiger partial charge in [0.2, 0.25) is 0 Å². The molecule has 0 aliphatic carbocycles. The molecule has 0 aliphatic rings. The van der Waals surface area contributed by atoms with Crippen molar-refractivity contribution in [3.05, 3.63) is 21.9 Å². The van der Waals surface area contributed by atoms with Crippen LogP contribution in [-0.2, 0) is 0 Å². The molecule has 0 unspecified atom stereocenters. The summed E-state index contributed by atoms with van der Waals surface area (Å²) in [6.07, 6.45) is 5.32. The van der Waals surface area contributed by atoms with Gasteiger partial charge in [-0.15, -0.1) is 17.8 Å². The molecule has 0 fully saturated rings. The summed E-state index contributed by atoms with van der Waals surface area (Å²) in [6.45, 7) is 6.26. The van der Waals surface area contributed by atoms with Crippen LogP contribution in [0.1, 0.15) is 31.9 Å². The number of rotatable bonds is 0. The third-order valence-corrected chi connectivity index (χ3v) is 2.13. The highest BCUT2D eigenvalue weighted by Gasteiger charge is 2.04. The maximum Gasteiger partial charge on any atom is 0.0509 e. The van der Waals surface area contributed by atoms with Crippen LogP contribution in [-0.4, -0.2) is 0 Å². The zero-order valence-corrected chi connectivity index (χ0v) is 8.96. The Hall–Kier alpha value is -1.18. The fourth-order valence-corrected chi connectivity index (χ4v) is 1.48. The van der Waals surface area contributed by atoms with Crippen LogP contribution < -0.4 is 0 Å². The molecule has 1 aromatic rings. The Kier molecular flexibility index (Phi) is 2.81. The summed E-state index contributed by atoms with van der Waals surface area (Å²) in [7, 11) is 0. The minimum Gasteiger partial charge on any atom is -0.150 e. The Morgan fingerprint density at radius 3 is 2.38 bits per heavy atom. The van der Waals surface area contributed by atoms with Crippen LogP contribution in [0.4, 0.5) is 0 Å². The van der Waals surface area contributed by atoms with E-state index in [-0.39, 0.29) is 5.41 Å². The van der Waals surface area contributed by atoms with Crippen LogP contribution in [0.2, 0.25) is 0 Å². The second-order valence-electron chi connectivity index (χ2n) is 3.84. The van der Waals surface area contributed by atoms with Crippen molar-refractivity contribution in [1.82, 2.24) is 0 Å². The van der Waals surface area contributed by atoms with Crippen molar-refractivity contribution in [3.8, 4) is 24.2 Å². The zero-order chi connectivity index (χ0) is 9.90. The van der Waals surface area contributed by atoms with Crippen LogP contribution >= 0.6 is 11.3 Å². The van der Waals surface area contributed by atoms with E-state index in [0.29, 0.717) is 0 Å². The highest BCUT2D eigenvalue weighted by atomic mass is 32.1. The van der Waals surface area contributed by atoms with Crippen molar-refractivity contribution in [3.63, 3.8) is 0 Å². The van der Waals surface area contributed by atoms with Gasteiger partial charge in [-0.2, -0.15) is 0 Å². The molecule has 0 atom stereocenters. The van der Waals surface area contributed by atoms with Gasteiger partial charge >= 0.3 is 0 Å². The Morgan fingerprint density at radius 2 is 1.85 bits per heavy atom. The van der Waals surface area contributed by atoms with E-state index in [1.165, 1.54) is 0 Å².